The molecular weight excluding hydrogens is 290 g/mol. The van der Waals surface area contributed by atoms with Gasteiger partial charge in [-0.2, -0.15) is 0 Å². The predicted molar refractivity (Wildman–Crippen MR) is 89.0 cm³/mol. The highest BCUT2D eigenvalue weighted by atomic mass is 16.2. The number of aromatic nitrogens is 1. The molecule has 1 aromatic heterocycles. The zero-order valence-corrected chi connectivity index (χ0v) is 14.5. The molecule has 1 aliphatic heterocycles. The lowest BCUT2D eigenvalue weighted by Gasteiger charge is -2.24. The summed E-state index contributed by atoms with van der Waals surface area (Å²) in [6.45, 7) is 11.7. The summed E-state index contributed by atoms with van der Waals surface area (Å²) >= 11 is 0. The number of carbonyl (C=O) groups excluding carboxylic acids is 2. The molecule has 0 radical (unpaired) electrons. The molecular formula is C18H25N3O2. The Morgan fingerprint density at radius 2 is 1.87 bits per heavy atom. The summed E-state index contributed by atoms with van der Waals surface area (Å²) in [6, 6.07) is 1.69. The van der Waals surface area contributed by atoms with Crippen LogP contribution in [0.25, 0.3) is 0 Å². The van der Waals surface area contributed by atoms with Crippen LogP contribution in [0, 0.1) is 22.7 Å². The number of amides is 2. The van der Waals surface area contributed by atoms with E-state index in [2.05, 4.69) is 24.1 Å². The molecule has 5 heteroatoms. The largest absolute Gasteiger partial charge is 0.338 e. The van der Waals surface area contributed by atoms with Gasteiger partial charge in [0.1, 0.15) is 0 Å². The number of hydrogen-bond acceptors (Lipinski definition) is 3. The van der Waals surface area contributed by atoms with Crippen molar-refractivity contribution in [3.63, 3.8) is 0 Å². The molecule has 0 aromatic carbocycles. The number of nitrogens with one attached hydrogen (secondary N) is 1. The van der Waals surface area contributed by atoms with Crippen LogP contribution in [0.5, 0.6) is 0 Å². The van der Waals surface area contributed by atoms with E-state index < -0.39 is 5.41 Å². The van der Waals surface area contributed by atoms with Crippen LogP contribution >= 0.6 is 0 Å². The van der Waals surface area contributed by atoms with Gasteiger partial charge in [0.25, 0.3) is 5.91 Å². The Labute approximate surface area is 137 Å². The number of likely N-dealkylation sites (tertiary alicyclic amines) is 1. The van der Waals surface area contributed by atoms with Crippen molar-refractivity contribution in [3.8, 4) is 0 Å². The van der Waals surface area contributed by atoms with Crippen LogP contribution < -0.4 is 5.32 Å². The first-order valence-electron chi connectivity index (χ1n) is 8.17. The number of pyridine rings is 1. The summed E-state index contributed by atoms with van der Waals surface area (Å²) in [7, 11) is 0. The summed E-state index contributed by atoms with van der Waals surface area (Å²) < 4.78 is 0. The molecule has 1 saturated heterocycles. The fraction of sp³-hybridized carbons (Fsp3) is 0.611. The maximum Gasteiger partial charge on any atom is 0.257 e. The number of hydrogen-bond donors (Lipinski definition) is 1. The Balaban J connectivity index is 1.76. The van der Waals surface area contributed by atoms with Crippen molar-refractivity contribution in [2.45, 2.75) is 34.6 Å². The molecule has 2 fully saturated rings. The summed E-state index contributed by atoms with van der Waals surface area (Å²) in [5, 5.41) is 2.87. The third-order valence-electron chi connectivity index (χ3n) is 5.39. The van der Waals surface area contributed by atoms with Crippen LogP contribution in [0.1, 0.15) is 45.0 Å². The average Bonchev–Trinajstić information content (AvgIpc) is 2.85. The van der Waals surface area contributed by atoms with Crippen LogP contribution in [0.3, 0.4) is 0 Å². The first-order valence-corrected chi connectivity index (χ1v) is 8.17. The van der Waals surface area contributed by atoms with E-state index in [9.17, 15) is 9.59 Å². The molecule has 1 saturated carbocycles. The molecule has 2 amide bonds. The van der Waals surface area contributed by atoms with Gasteiger partial charge in [-0.3, -0.25) is 14.6 Å². The van der Waals surface area contributed by atoms with E-state index >= 15 is 0 Å². The fourth-order valence-corrected chi connectivity index (χ4v) is 3.45. The topological polar surface area (TPSA) is 62.3 Å². The second-order valence-corrected chi connectivity index (χ2v) is 8.37. The van der Waals surface area contributed by atoms with Gasteiger partial charge in [-0.25, -0.2) is 0 Å². The number of carbonyl (C=O) groups is 2. The van der Waals surface area contributed by atoms with Crippen LogP contribution in [0.4, 0.5) is 5.69 Å². The molecule has 124 valence electrons. The molecule has 1 aromatic rings. The minimum atomic E-state index is -0.511. The molecule has 1 N–H and O–H groups in total. The summed E-state index contributed by atoms with van der Waals surface area (Å²) in [5.74, 6) is 1.07. The lowest BCUT2D eigenvalue weighted by atomic mass is 9.95. The maximum atomic E-state index is 12.8. The van der Waals surface area contributed by atoms with Crippen LogP contribution in [0.15, 0.2) is 18.5 Å². The zero-order valence-electron chi connectivity index (χ0n) is 14.5. The minimum Gasteiger partial charge on any atom is -0.338 e. The molecule has 0 bridgehead atoms. The molecule has 23 heavy (non-hydrogen) atoms. The van der Waals surface area contributed by atoms with E-state index in [1.165, 1.54) is 0 Å². The Kier molecular flexibility index (Phi) is 3.50. The predicted octanol–water partition coefficient (Wildman–Crippen LogP) is 2.79. The van der Waals surface area contributed by atoms with Crippen LogP contribution in [-0.2, 0) is 4.79 Å². The molecule has 2 heterocycles. The van der Waals surface area contributed by atoms with Gasteiger partial charge in [0.2, 0.25) is 5.91 Å². The summed E-state index contributed by atoms with van der Waals surface area (Å²) in [5.41, 5.74) is 0.881. The lowest BCUT2D eigenvalue weighted by molar-refractivity contribution is -0.123. The van der Waals surface area contributed by atoms with Crippen molar-refractivity contribution in [2.75, 3.05) is 18.4 Å². The molecule has 3 rings (SSSR count). The fourth-order valence-electron chi connectivity index (χ4n) is 3.45. The second kappa shape index (κ2) is 5.05. The Morgan fingerprint density at radius 3 is 2.43 bits per heavy atom. The lowest BCUT2D eigenvalue weighted by Crippen LogP contribution is -2.34. The smallest absolute Gasteiger partial charge is 0.257 e. The van der Waals surface area contributed by atoms with Crippen molar-refractivity contribution in [2.24, 2.45) is 22.7 Å². The number of nitrogens with zero attached hydrogens (tertiary/aromatic N) is 2. The average molecular weight is 315 g/mol. The standard InChI is InChI=1S/C18H25N3O2/c1-17(2,3)16(23)20-14-6-7-19-8-11(14)15(22)21-9-12-13(10-21)18(12,4)5/h6-8,12-13H,9-10H2,1-5H3,(H,19,20,23). The SMILES string of the molecule is CC(C)(C)C(=O)Nc1ccncc1C(=O)N1CC2C(C1)C2(C)C. The van der Waals surface area contributed by atoms with Crippen LogP contribution in [-0.4, -0.2) is 34.8 Å². The molecule has 2 aliphatic rings. The van der Waals surface area contributed by atoms with E-state index in [4.69, 9.17) is 0 Å². The van der Waals surface area contributed by atoms with Gasteiger partial charge in [0, 0.05) is 30.9 Å². The van der Waals surface area contributed by atoms with Gasteiger partial charge < -0.3 is 10.2 Å². The molecule has 0 spiro atoms. The van der Waals surface area contributed by atoms with Gasteiger partial charge >= 0.3 is 0 Å². The van der Waals surface area contributed by atoms with Crippen molar-refractivity contribution in [1.82, 2.24) is 9.88 Å². The number of piperidine rings is 1. The van der Waals surface area contributed by atoms with Crippen molar-refractivity contribution >= 4 is 17.5 Å². The van der Waals surface area contributed by atoms with Gasteiger partial charge in [0.05, 0.1) is 11.3 Å². The first kappa shape index (κ1) is 16.0. The molecule has 2 atom stereocenters. The van der Waals surface area contributed by atoms with Crippen molar-refractivity contribution in [3.05, 3.63) is 24.0 Å². The Hall–Kier alpha value is -1.91. The Bertz CT molecular complexity index is 646. The highest BCUT2D eigenvalue weighted by Crippen LogP contribution is 2.62. The van der Waals surface area contributed by atoms with E-state index in [1.54, 1.807) is 18.5 Å². The zero-order chi connectivity index (χ0) is 17.0. The van der Waals surface area contributed by atoms with Crippen molar-refractivity contribution in [1.29, 1.82) is 0 Å². The van der Waals surface area contributed by atoms with Crippen LogP contribution in [0.2, 0.25) is 0 Å². The number of anilines is 1. The van der Waals surface area contributed by atoms with E-state index in [0.29, 0.717) is 28.5 Å². The normalized spacial score (nSPS) is 25.0. The van der Waals surface area contributed by atoms with Gasteiger partial charge in [-0.1, -0.05) is 34.6 Å². The van der Waals surface area contributed by atoms with E-state index in [1.807, 2.05) is 25.7 Å². The highest BCUT2D eigenvalue weighted by molar-refractivity contribution is 6.04. The van der Waals surface area contributed by atoms with Gasteiger partial charge in [-0.05, 0) is 23.3 Å². The summed E-state index contributed by atoms with van der Waals surface area (Å²) in [4.78, 5) is 31.0. The maximum absolute atomic E-state index is 12.8. The quantitative estimate of drug-likeness (QED) is 0.913. The minimum absolute atomic E-state index is 0.0368. The van der Waals surface area contributed by atoms with Gasteiger partial charge in [-0.15, -0.1) is 0 Å². The molecule has 1 aliphatic carbocycles. The number of rotatable bonds is 2. The summed E-state index contributed by atoms with van der Waals surface area (Å²) in [6.07, 6.45) is 3.15. The molecule has 2 unspecified atom stereocenters. The van der Waals surface area contributed by atoms with Gasteiger partial charge in [0.15, 0.2) is 0 Å². The highest BCUT2D eigenvalue weighted by Gasteiger charge is 2.62. The third kappa shape index (κ3) is 2.73. The van der Waals surface area contributed by atoms with Crippen molar-refractivity contribution < 1.29 is 9.59 Å². The molecule has 5 nitrogen and oxygen atoms in total. The Morgan fingerprint density at radius 1 is 1.26 bits per heavy atom. The van der Waals surface area contributed by atoms with E-state index in [0.717, 1.165) is 13.1 Å². The van der Waals surface area contributed by atoms with E-state index in [-0.39, 0.29) is 11.8 Å². The second-order valence-electron chi connectivity index (χ2n) is 8.37. The number of fused-ring (bicyclic) bond motifs is 1. The third-order valence-corrected chi connectivity index (χ3v) is 5.39. The monoisotopic (exact) mass is 315 g/mol. The first-order chi connectivity index (χ1) is 10.6.